The molecule has 3 rings (SSSR count). The van der Waals surface area contributed by atoms with Crippen molar-refractivity contribution in [1.29, 1.82) is 0 Å². The molecule has 4 nitrogen and oxygen atoms in total. The van der Waals surface area contributed by atoms with Crippen LogP contribution in [0.1, 0.15) is 45.4 Å². The zero-order valence-electron chi connectivity index (χ0n) is 14.8. The Bertz CT molecular complexity index is 993. The lowest BCUT2D eigenvalue weighted by atomic mass is 10.0. The molecule has 0 aliphatic carbocycles. The van der Waals surface area contributed by atoms with E-state index in [2.05, 4.69) is 19.2 Å². The molecule has 0 aliphatic heterocycles. The molecule has 27 heavy (non-hydrogen) atoms. The monoisotopic (exact) mass is 383 g/mol. The summed E-state index contributed by atoms with van der Waals surface area (Å²) in [6.45, 7) is 4.20. The quantitative estimate of drug-likeness (QED) is 0.600. The summed E-state index contributed by atoms with van der Waals surface area (Å²) in [7, 11) is 0. The second-order valence-electron chi connectivity index (χ2n) is 6.40. The lowest BCUT2D eigenvalue weighted by molar-refractivity contribution is 0.0703. The second kappa shape index (κ2) is 7.72. The topological polar surface area (TPSA) is 66.4 Å². The van der Waals surface area contributed by atoms with Crippen molar-refractivity contribution in [2.45, 2.75) is 19.8 Å². The molecule has 6 heteroatoms. The van der Waals surface area contributed by atoms with Crippen LogP contribution in [-0.2, 0) is 0 Å². The van der Waals surface area contributed by atoms with Gasteiger partial charge < -0.3 is 10.4 Å². The Morgan fingerprint density at radius 2 is 1.78 bits per heavy atom. The molecule has 3 aromatic rings. The Hall–Kier alpha value is -2.99. The van der Waals surface area contributed by atoms with Crippen molar-refractivity contribution in [1.82, 2.24) is 0 Å². The average molecular weight is 383 g/mol. The standard InChI is InChI=1S/C21H18FNO3S/c1-12(2)13-6-8-14(9-7-13)18-11-17(19(27-18)21(25)26)23-20(24)15-4-3-5-16(22)10-15/h3-12H,1-2H3,(H,23,24)(H,25,26). The molecule has 2 aromatic carbocycles. The lowest BCUT2D eigenvalue weighted by Gasteiger charge is -2.05. The predicted octanol–water partition coefficient (Wildman–Crippen LogP) is 5.63. The molecule has 1 amide bonds. The highest BCUT2D eigenvalue weighted by atomic mass is 32.1. The van der Waals surface area contributed by atoms with Crippen molar-refractivity contribution in [2.75, 3.05) is 5.32 Å². The largest absolute Gasteiger partial charge is 0.477 e. The number of hydrogen-bond donors (Lipinski definition) is 2. The summed E-state index contributed by atoms with van der Waals surface area (Å²) in [4.78, 5) is 24.7. The molecule has 0 fully saturated rings. The van der Waals surface area contributed by atoms with Crippen LogP contribution < -0.4 is 5.32 Å². The number of thiophene rings is 1. The van der Waals surface area contributed by atoms with Gasteiger partial charge in [-0.1, -0.05) is 44.2 Å². The Morgan fingerprint density at radius 1 is 1.07 bits per heavy atom. The SMILES string of the molecule is CC(C)c1ccc(-c2cc(NC(=O)c3cccc(F)c3)c(C(=O)O)s2)cc1. The first kappa shape index (κ1) is 18.8. The van der Waals surface area contributed by atoms with Gasteiger partial charge in [-0.3, -0.25) is 4.79 Å². The molecule has 2 N–H and O–H groups in total. The van der Waals surface area contributed by atoms with Crippen LogP contribution in [0.25, 0.3) is 10.4 Å². The zero-order chi connectivity index (χ0) is 19.6. The van der Waals surface area contributed by atoms with E-state index in [0.29, 0.717) is 5.92 Å². The van der Waals surface area contributed by atoms with Crippen molar-refractivity contribution in [3.05, 3.63) is 76.4 Å². The average Bonchev–Trinajstić information content (AvgIpc) is 3.06. The molecule has 0 atom stereocenters. The van der Waals surface area contributed by atoms with E-state index in [-0.39, 0.29) is 16.1 Å². The van der Waals surface area contributed by atoms with Crippen molar-refractivity contribution in [2.24, 2.45) is 0 Å². The maximum Gasteiger partial charge on any atom is 0.348 e. The maximum absolute atomic E-state index is 13.3. The van der Waals surface area contributed by atoms with E-state index in [4.69, 9.17) is 0 Å². The van der Waals surface area contributed by atoms with Gasteiger partial charge in [-0.15, -0.1) is 11.3 Å². The summed E-state index contributed by atoms with van der Waals surface area (Å²) < 4.78 is 13.3. The number of halogens is 1. The first-order valence-electron chi connectivity index (χ1n) is 8.39. The number of aromatic carboxylic acids is 1. The van der Waals surface area contributed by atoms with E-state index < -0.39 is 17.7 Å². The smallest absolute Gasteiger partial charge is 0.348 e. The predicted molar refractivity (Wildman–Crippen MR) is 105 cm³/mol. The minimum Gasteiger partial charge on any atom is -0.477 e. The van der Waals surface area contributed by atoms with Crippen LogP contribution in [0, 0.1) is 5.82 Å². The third kappa shape index (κ3) is 4.23. The van der Waals surface area contributed by atoms with Gasteiger partial charge in [0.2, 0.25) is 0 Å². The summed E-state index contributed by atoms with van der Waals surface area (Å²) in [6, 6.07) is 14.8. The van der Waals surface area contributed by atoms with Crippen LogP contribution in [0.3, 0.4) is 0 Å². The summed E-state index contributed by atoms with van der Waals surface area (Å²) in [5, 5.41) is 12.0. The molecule has 1 heterocycles. The molecular weight excluding hydrogens is 365 g/mol. The zero-order valence-corrected chi connectivity index (χ0v) is 15.6. The number of nitrogens with one attached hydrogen (secondary N) is 1. The highest BCUT2D eigenvalue weighted by molar-refractivity contribution is 7.18. The highest BCUT2D eigenvalue weighted by Gasteiger charge is 2.19. The van der Waals surface area contributed by atoms with Gasteiger partial charge >= 0.3 is 5.97 Å². The first-order valence-corrected chi connectivity index (χ1v) is 9.21. The third-order valence-electron chi connectivity index (χ3n) is 4.12. The Kier molecular flexibility index (Phi) is 5.37. The van der Waals surface area contributed by atoms with Crippen LogP contribution in [0.15, 0.2) is 54.6 Å². The van der Waals surface area contributed by atoms with Crippen molar-refractivity contribution >= 4 is 28.9 Å². The molecule has 0 unspecified atom stereocenters. The number of anilines is 1. The minimum atomic E-state index is -1.13. The number of amides is 1. The molecule has 0 radical (unpaired) electrons. The number of hydrogen-bond acceptors (Lipinski definition) is 3. The molecule has 1 aromatic heterocycles. The fourth-order valence-corrected chi connectivity index (χ4v) is 3.60. The van der Waals surface area contributed by atoms with Gasteiger partial charge in [0.25, 0.3) is 5.91 Å². The van der Waals surface area contributed by atoms with E-state index in [1.54, 1.807) is 6.07 Å². The second-order valence-corrected chi connectivity index (χ2v) is 7.45. The molecule has 0 bridgehead atoms. The van der Waals surface area contributed by atoms with Gasteiger partial charge in [0.05, 0.1) is 5.69 Å². The number of carboxylic acids is 1. The van der Waals surface area contributed by atoms with Gasteiger partial charge in [0.15, 0.2) is 0 Å². The van der Waals surface area contributed by atoms with E-state index in [0.717, 1.165) is 27.8 Å². The van der Waals surface area contributed by atoms with Crippen LogP contribution in [0.4, 0.5) is 10.1 Å². The summed E-state index contributed by atoms with van der Waals surface area (Å²) in [5.74, 6) is -1.81. The van der Waals surface area contributed by atoms with Crippen molar-refractivity contribution < 1.29 is 19.1 Å². The number of benzene rings is 2. The van der Waals surface area contributed by atoms with Crippen LogP contribution >= 0.6 is 11.3 Å². The van der Waals surface area contributed by atoms with Crippen molar-refractivity contribution in [3.63, 3.8) is 0 Å². The summed E-state index contributed by atoms with van der Waals surface area (Å²) in [6.07, 6.45) is 0. The van der Waals surface area contributed by atoms with E-state index >= 15 is 0 Å². The Morgan fingerprint density at radius 3 is 2.37 bits per heavy atom. The molecular formula is C21H18FNO3S. The molecule has 0 spiro atoms. The van der Waals surface area contributed by atoms with Crippen molar-refractivity contribution in [3.8, 4) is 10.4 Å². The van der Waals surface area contributed by atoms with Gasteiger partial charge in [-0.2, -0.15) is 0 Å². The Labute approximate surface area is 160 Å². The third-order valence-corrected chi connectivity index (χ3v) is 5.30. The van der Waals surface area contributed by atoms with Crippen LogP contribution in [0.5, 0.6) is 0 Å². The lowest BCUT2D eigenvalue weighted by Crippen LogP contribution is -2.13. The van der Waals surface area contributed by atoms with Crippen LogP contribution in [-0.4, -0.2) is 17.0 Å². The summed E-state index contributed by atoms with van der Waals surface area (Å²) in [5.41, 5.74) is 2.39. The van der Waals surface area contributed by atoms with Gasteiger partial charge in [-0.05, 0) is 41.3 Å². The summed E-state index contributed by atoms with van der Waals surface area (Å²) >= 11 is 1.09. The maximum atomic E-state index is 13.3. The van der Waals surface area contributed by atoms with Gasteiger partial charge in [0.1, 0.15) is 10.7 Å². The normalized spacial score (nSPS) is 10.8. The molecule has 0 aliphatic rings. The first-order chi connectivity index (χ1) is 12.8. The molecule has 0 saturated carbocycles. The van der Waals surface area contributed by atoms with E-state index in [1.165, 1.54) is 23.8 Å². The fourth-order valence-electron chi connectivity index (χ4n) is 2.64. The van der Waals surface area contributed by atoms with E-state index in [1.807, 2.05) is 24.3 Å². The van der Waals surface area contributed by atoms with Crippen LogP contribution in [0.2, 0.25) is 0 Å². The van der Waals surface area contributed by atoms with Gasteiger partial charge in [0, 0.05) is 10.4 Å². The number of rotatable bonds is 5. The Balaban J connectivity index is 1.91. The fraction of sp³-hybridized carbons (Fsp3) is 0.143. The number of carbonyl (C=O) groups excluding carboxylic acids is 1. The number of carboxylic acid groups (broad SMARTS) is 1. The molecule has 0 saturated heterocycles. The van der Waals surface area contributed by atoms with Gasteiger partial charge in [-0.25, -0.2) is 9.18 Å². The minimum absolute atomic E-state index is 0.0303. The van der Waals surface area contributed by atoms with E-state index in [9.17, 15) is 19.1 Å². The highest BCUT2D eigenvalue weighted by Crippen LogP contribution is 2.35. The molecule has 138 valence electrons. The number of carbonyl (C=O) groups is 2.